The van der Waals surface area contributed by atoms with Gasteiger partial charge in [-0.25, -0.2) is 4.79 Å². The molecule has 2 atom stereocenters. The average molecular weight is 371 g/mol. The van der Waals surface area contributed by atoms with Crippen LogP contribution < -0.4 is 14.8 Å². The van der Waals surface area contributed by atoms with Crippen LogP contribution in [0.2, 0.25) is 0 Å². The number of amides is 1. The SMILES string of the molecule is CC[C@@H](C)OC(=O)[C@H](C)Oc1ccc(C(=O)Nc2ccc(OC)cc2)cc1. The molecule has 2 aromatic carbocycles. The zero-order valence-electron chi connectivity index (χ0n) is 16.0. The highest BCUT2D eigenvalue weighted by molar-refractivity contribution is 6.04. The molecular weight excluding hydrogens is 346 g/mol. The summed E-state index contributed by atoms with van der Waals surface area (Å²) in [7, 11) is 1.59. The molecule has 27 heavy (non-hydrogen) atoms. The van der Waals surface area contributed by atoms with Crippen molar-refractivity contribution in [1.29, 1.82) is 0 Å². The first kappa shape index (κ1) is 20.3. The van der Waals surface area contributed by atoms with Crippen LogP contribution in [-0.4, -0.2) is 31.2 Å². The first-order valence-electron chi connectivity index (χ1n) is 8.85. The van der Waals surface area contributed by atoms with E-state index in [-0.39, 0.29) is 12.0 Å². The van der Waals surface area contributed by atoms with Gasteiger partial charge in [-0.15, -0.1) is 0 Å². The Morgan fingerprint density at radius 2 is 1.56 bits per heavy atom. The number of carbonyl (C=O) groups is 2. The van der Waals surface area contributed by atoms with Gasteiger partial charge in [0.05, 0.1) is 13.2 Å². The van der Waals surface area contributed by atoms with Crippen LogP contribution in [0.5, 0.6) is 11.5 Å². The molecule has 0 unspecified atom stereocenters. The number of carbonyl (C=O) groups excluding carboxylic acids is 2. The molecule has 6 nitrogen and oxygen atoms in total. The minimum atomic E-state index is -0.724. The van der Waals surface area contributed by atoms with Crippen LogP contribution in [0.1, 0.15) is 37.6 Å². The van der Waals surface area contributed by atoms with E-state index in [0.29, 0.717) is 17.0 Å². The molecule has 0 aliphatic heterocycles. The summed E-state index contributed by atoms with van der Waals surface area (Å²) in [4.78, 5) is 24.2. The Balaban J connectivity index is 1.93. The zero-order chi connectivity index (χ0) is 19.8. The fourth-order valence-corrected chi connectivity index (χ4v) is 2.19. The first-order valence-corrected chi connectivity index (χ1v) is 8.85. The van der Waals surface area contributed by atoms with Crippen molar-refractivity contribution in [3.8, 4) is 11.5 Å². The highest BCUT2D eigenvalue weighted by atomic mass is 16.6. The van der Waals surface area contributed by atoms with Crippen molar-refractivity contribution in [3.05, 3.63) is 54.1 Å². The van der Waals surface area contributed by atoms with Gasteiger partial charge in [-0.05, 0) is 68.8 Å². The van der Waals surface area contributed by atoms with Gasteiger partial charge in [0.25, 0.3) is 5.91 Å². The molecule has 6 heteroatoms. The molecule has 0 aliphatic carbocycles. The van der Waals surface area contributed by atoms with Gasteiger partial charge in [-0.2, -0.15) is 0 Å². The van der Waals surface area contributed by atoms with Crippen molar-refractivity contribution < 1.29 is 23.8 Å². The van der Waals surface area contributed by atoms with Crippen molar-refractivity contribution in [2.45, 2.75) is 39.4 Å². The third-order valence-electron chi connectivity index (χ3n) is 4.00. The highest BCUT2D eigenvalue weighted by Gasteiger charge is 2.18. The molecule has 2 rings (SSSR count). The summed E-state index contributed by atoms with van der Waals surface area (Å²) in [6.07, 6.45) is -0.123. The summed E-state index contributed by atoms with van der Waals surface area (Å²) in [6, 6.07) is 13.6. The summed E-state index contributed by atoms with van der Waals surface area (Å²) >= 11 is 0. The number of benzene rings is 2. The summed E-state index contributed by atoms with van der Waals surface area (Å²) < 4.78 is 15.9. The van der Waals surface area contributed by atoms with Crippen LogP contribution in [-0.2, 0) is 9.53 Å². The van der Waals surface area contributed by atoms with Gasteiger partial charge in [0.2, 0.25) is 0 Å². The van der Waals surface area contributed by atoms with E-state index in [1.807, 2.05) is 13.8 Å². The standard InChI is InChI=1S/C21H25NO5/c1-5-14(2)26-21(24)15(3)27-19-10-6-16(7-11-19)20(23)22-17-8-12-18(25-4)13-9-17/h6-15H,5H2,1-4H3,(H,22,23)/t14-,15+/m1/s1. The van der Waals surface area contributed by atoms with Gasteiger partial charge >= 0.3 is 5.97 Å². The van der Waals surface area contributed by atoms with Crippen LogP contribution in [0.15, 0.2) is 48.5 Å². The molecule has 1 amide bonds. The van der Waals surface area contributed by atoms with E-state index in [2.05, 4.69) is 5.32 Å². The molecule has 0 aromatic heterocycles. The Morgan fingerprint density at radius 3 is 2.11 bits per heavy atom. The third kappa shape index (κ3) is 6.02. The predicted molar refractivity (Wildman–Crippen MR) is 103 cm³/mol. The van der Waals surface area contributed by atoms with Gasteiger partial charge in [0.1, 0.15) is 11.5 Å². The Bertz CT molecular complexity index is 755. The third-order valence-corrected chi connectivity index (χ3v) is 4.00. The predicted octanol–water partition coefficient (Wildman–Crippen LogP) is 4.06. The van der Waals surface area contributed by atoms with Crippen LogP contribution >= 0.6 is 0 Å². The van der Waals surface area contributed by atoms with E-state index in [1.165, 1.54) is 0 Å². The van der Waals surface area contributed by atoms with Crippen molar-refractivity contribution in [3.63, 3.8) is 0 Å². The monoisotopic (exact) mass is 371 g/mol. The second-order valence-corrected chi connectivity index (χ2v) is 6.12. The molecule has 0 bridgehead atoms. The van der Waals surface area contributed by atoms with E-state index in [1.54, 1.807) is 62.6 Å². The first-order chi connectivity index (χ1) is 12.9. The number of ether oxygens (including phenoxy) is 3. The maximum absolute atomic E-state index is 12.3. The van der Waals surface area contributed by atoms with Crippen LogP contribution in [0.4, 0.5) is 5.69 Å². The molecule has 0 saturated carbocycles. The van der Waals surface area contributed by atoms with Gasteiger partial charge in [-0.3, -0.25) is 4.79 Å². The summed E-state index contributed by atoms with van der Waals surface area (Å²) in [5.74, 6) is 0.557. The lowest BCUT2D eigenvalue weighted by atomic mass is 10.2. The normalized spacial score (nSPS) is 12.6. The second-order valence-electron chi connectivity index (χ2n) is 6.12. The molecule has 0 saturated heterocycles. The fourth-order valence-electron chi connectivity index (χ4n) is 2.19. The molecule has 144 valence electrons. The van der Waals surface area contributed by atoms with Gasteiger partial charge < -0.3 is 19.5 Å². The topological polar surface area (TPSA) is 73.9 Å². The number of esters is 1. The van der Waals surface area contributed by atoms with E-state index >= 15 is 0 Å². The maximum Gasteiger partial charge on any atom is 0.347 e. The molecule has 0 aliphatic rings. The number of nitrogens with one attached hydrogen (secondary N) is 1. The number of rotatable bonds is 8. The number of methoxy groups -OCH3 is 1. The maximum atomic E-state index is 12.3. The lowest BCUT2D eigenvalue weighted by Crippen LogP contribution is -2.29. The minimum Gasteiger partial charge on any atom is -0.497 e. The van der Waals surface area contributed by atoms with E-state index in [0.717, 1.165) is 12.2 Å². The largest absolute Gasteiger partial charge is 0.497 e. The highest BCUT2D eigenvalue weighted by Crippen LogP contribution is 2.18. The van der Waals surface area contributed by atoms with Crippen LogP contribution in [0.25, 0.3) is 0 Å². The fraction of sp³-hybridized carbons (Fsp3) is 0.333. The van der Waals surface area contributed by atoms with E-state index in [9.17, 15) is 9.59 Å². The molecular formula is C21H25NO5. The summed E-state index contributed by atoms with van der Waals surface area (Å²) in [6.45, 7) is 5.41. The Labute approximate surface area is 159 Å². The average Bonchev–Trinajstić information content (AvgIpc) is 2.68. The lowest BCUT2D eigenvalue weighted by Gasteiger charge is -2.17. The summed E-state index contributed by atoms with van der Waals surface area (Å²) in [5.41, 5.74) is 1.15. The van der Waals surface area contributed by atoms with Gasteiger partial charge in [-0.1, -0.05) is 6.92 Å². The van der Waals surface area contributed by atoms with E-state index in [4.69, 9.17) is 14.2 Å². The number of hydrogen-bond acceptors (Lipinski definition) is 5. The molecule has 0 heterocycles. The molecule has 0 radical (unpaired) electrons. The smallest absolute Gasteiger partial charge is 0.347 e. The van der Waals surface area contributed by atoms with E-state index < -0.39 is 12.1 Å². The molecule has 0 spiro atoms. The Kier molecular flexibility index (Phi) is 7.23. The number of hydrogen-bond donors (Lipinski definition) is 1. The van der Waals surface area contributed by atoms with Crippen LogP contribution in [0, 0.1) is 0 Å². The molecule has 0 fully saturated rings. The zero-order valence-corrected chi connectivity index (χ0v) is 16.0. The summed E-state index contributed by atoms with van der Waals surface area (Å²) in [5, 5.41) is 2.81. The quantitative estimate of drug-likeness (QED) is 0.709. The molecule has 2 aromatic rings. The number of anilines is 1. The molecule has 1 N–H and O–H groups in total. The minimum absolute atomic E-state index is 0.146. The van der Waals surface area contributed by atoms with Crippen molar-refractivity contribution in [1.82, 2.24) is 0 Å². The van der Waals surface area contributed by atoms with Crippen molar-refractivity contribution in [2.24, 2.45) is 0 Å². The second kappa shape index (κ2) is 9.62. The lowest BCUT2D eigenvalue weighted by molar-refractivity contribution is -0.155. The Morgan fingerprint density at radius 1 is 0.963 bits per heavy atom. The van der Waals surface area contributed by atoms with Gasteiger partial charge in [0.15, 0.2) is 6.10 Å². The van der Waals surface area contributed by atoms with Crippen molar-refractivity contribution in [2.75, 3.05) is 12.4 Å². The Hall–Kier alpha value is -3.02. The van der Waals surface area contributed by atoms with Crippen molar-refractivity contribution >= 4 is 17.6 Å². The van der Waals surface area contributed by atoms with Crippen LogP contribution in [0.3, 0.4) is 0 Å². The van der Waals surface area contributed by atoms with Gasteiger partial charge in [0, 0.05) is 11.3 Å².